The summed E-state index contributed by atoms with van der Waals surface area (Å²) >= 11 is 0. The van der Waals surface area contributed by atoms with Crippen LogP contribution >= 0.6 is 0 Å². The molecule has 0 unspecified atom stereocenters. The molecule has 0 radical (unpaired) electrons. The van der Waals surface area contributed by atoms with Gasteiger partial charge in [0, 0.05) is 46.2 Å². The van der Waals surface area contributed by atoms with Gasteiger partial charge in [-0.05, 0) is 20.8 Å². The van der Waals surface area contributed by atoms with Gasteiger partial charge in [-0.15, -0.1) is 5.92 Å². The van der Waals surface area contributed by atoms with Gasteiger partial charge in [-0.25, -0.2) is 0 Å². The van der Waals surface area contributed by atoms with E-state index >= 15 is 0 Å². The van der Waals surface area contributed by atoms with Crippen molar-refractivity contribution >= 4 is 29.0 Å². The molecule has 3 rings (SSSR count). The summed E-state index contributed by atoms with van der Waals surface area (Å²) < 4.78 is 3.26. The molecule has 150 valence electrons. The summed E-state index contributed by atoms with van der Waals surface area (Å²) in [5.41, 5.74) is 0.518. The van der Waals surface area contributed by atoms with E-state index in [4.69, 9.17) is 0 Å². The maximum absolute atomic E-state index is 13.2. The van der Waals surface area contributed by atoms with Gasteiger partial charge in [0.25, 0.3) is 5.56 Å². The van der Waals surface area contributed by atoms with Crippen molar-refractivity contribution in [1.82, 2.24) is 24.4 Å². The number of hydrogen-bond acceptors (Lipinski definition) is 6. The molecule has 28 heavy (non-hydrogen) atoms. The van der Waals surface area contributed by atoms with Gasteiger partial charge in [0.05, 0.1) is 6.54 Å². The number of aromatic nitrogens is 4. The standard InChI is InChI=1S/C19H27N7O2/c1-6-7-10-25-15-16(22-19(25)24-11-8-20-9-12-24)21-18(23(5)17(15)28)26(13(2)3)14(4)27/h13,20H,8-12H2,1-5H3. The molecule has 0 atom stereocenters. The summed E-state index contributed by atoms with van der Waals surface area (Å²) in [5, 5.41) is 3.32. The fourth-order valence-corrected chi connectivity index (χ4v) is 3.50. The van der Waals surface area contributed by atoms with Crippen molar-refractivity contribution in [3.05, 3.63) is 10.4 Å². The quantitative estimate of drug-likeness (QED) is 0.763. The third-order valence-electron chi connectivity index (χ3n) is 4.83. The monoisotopic (exact) mass is 385 g/mol. The zero-order chi connectivity index (χ0) is 20.4. The van der Waals surface area contributed by atoms with Crippen LogP contribution in [0.1, 0.15) is 27.7 Å². The molecule has 2 aromatic rings. The molecule has 1 aliphatic rings. The highest BCUT2D eigenvalue weighted by atomic mass is 16.2. The number of rotatable bonds is 4. The average Bonchev–Trinajstić information content (AvgIpc) is 3.02. The lowest BCUT2D eigenvalue weighted by molar-refractivity contribution is -0.117. The van der Waals surface area contributed by atoms with Gasteiger partial charge < -0.3 is 10.2 Å². The molecule has 1 amide bonds. The van der Waals surface area contributed by atoms with Crippen LogP contribution in [0, 0.1) is 11.8 Å². The minimum atomic E-state index is -0.237. The van der Waals surface area contributed by atoms with Crippen molar-refractivity contribution < 1.29 is 4.79 Å². The Morgan fingerprint density at radius 1 is 1.29 bits per heavy atom. The first-order valence-electron chi connectivity index (χ1n) is 9.49. The molecular weight excluding hydrogens is 358 g/mol. The van der Waals surface area contributed by atoms with E-state index in [9.17, 15) is 9.59 Å². The molecule has 2 aromatic heterocycles. The summed E-state index contributed by atoms with van der Waals surface area (Å²) in [6, 6.07) is -0.131. The Hall–Kier alpha value is -2.86. The number of anilines is 2. The zero-order valence-electron chi connectivity index (χ0n) is 17.1. The SMILES string of the molecule is CC#CCn1c(N2CCNCC2)nc2nc(N(C(C)=O)C(C)C)n(C)c(=O)c21. The fraction of sp³-hybridized carbons (Fsp3) is 0.579. The van der Waals surface area contributed by atoms with E-state index in [0.717, 1.165) is 26.2 Å². The van der Waals surface area contributed by atoms with Crippen LogP contribution in [0.5, 0.6) is 0 Å². The van der Waals surface area contributed by atoms with Crippen molar-refractivity contribution in [2.24, 2.45) is 7.05 Å². The maximum atomic E-state index is 13.2. The van der Waals surface area contributed by atoms with E-state index in [1.54, 1.807) is 14.0 Å². The van der Waals surface area contributed by atoms with Gasteiger partial charge in [-0.3, -0.25) is 23.6 Å². The number of carbonyl (C=O) groups is 1. The van der Waals surface area contributed by atoms with Crippen LogP contribution in [0.2, 0.25) is 0 Å². The van der Waals surface area contributed by atoms with E-state index in [2.05, 4.69) is 32.0 Å². The molecule has 0 aliphatic carbocycles. The van der Waals surface area contributed by atoms with Gasteiger partial charge in [0.2, 0.25) is 17.8 Å². The predicted molar refractivity (Wildman–Crippen MR) is 110 cm³/mol. The van der Waals surface area contributed by atoms with E-state index in [1.807, 2.05) is 18.4 Å². The molecule has 1 fully saturated rings. The van der Waals surface area contributed by atoms with Gasteiger partial charge >= 0.3 is 0 Å². The lowest BCUT2D eigenvalue weighted by Crippen LogP contribution is -2.44. The average molecular weight is 385 g/mol. The van der Waals surface area contributed by atoms with E-state index < -0.39 is 0 Å². The van der Waals surface area contributed by atoms with Crippen molar-refractivity contribution in [3.63, 3.8) is 0 Å². The largest absolute Gasteiger partial charge is 0.340 e. The number of piperazine rings is 1. The Balaban J connectivity index is 2.25. The number of fused-ring (bicyclic) bond motifs is 1. The molecule has 0 spiro atoms. The fourth-order valence-electron chi connectivity index (χ4n) is 3.50. The Kier molecular flexibility index (Phi) is 5.70. The number of nitrogens with one attached hydrogen (secondary N) is 1. The Labute approximate surface area is 164 Å². The number of nitrogens with zero attached hydrogens (tertiary/aromatic N) is 6. The first-order valence-corrected chi connectivity index (χ1v) is 9.49. The van der Waals surface area contributed by atoms with Crippen LogP contribution in [0.3, 0.4) is 0 Å². The third kappa shape index (κ3) is 3.47. The highest BCUT2D eigenvalue weighted by Gasteiger charge is 2.26. The van der Waals surface area contributed by atoms with Crippen LogP contribution in [-0.2, 0) is 18.4 Å². The number of imidazole rings is 1. The molecule has 9 heteroatoms. The molecular formula is C19H27N7O2. The molecule has 1 N–H and O–H groups in total. The smallest absolute Gasteiger partial charge is 0.281 e. The first-order chi connectivity index (χ1) is 13.4. The van der Waals surface area contributed by atoms with Crippen molar-refractivity contribution in [1.29, 1.82) is 0 Å². The van der Waals surface area contributed by atoms with Crippen LogP contribution < -0.4 is 20.7 Å². The lowest BCUT2D eigenvalue weighted by atomic mass is 10.3. The Morgan fingerprint density at radius 3 is 2.54 bits per heavy atom. The predicted octanol–water partition coefficient (Wildman–Crippen LogP) is 0.324. The second kappa shape index (κ2) is 8.02. The van der Waals surface area contributed by atoms with Gasteiger partial charge in [0.15, 0.2) is 11.2 Å². The van der Waals surface area contributed by atoms with E-state index in [0.29, 0.717) is 29.6 Å². The second-order valence-corrected chi connectivity index (χ2v) is 7.09. The topological polar surface area (TPSA) is 88.3 Å². The minimum Gasteiger partial charge on any atom is -0.340 e. The summed E-state index contributed by atoms with van der Waals surface area (Å²) in [7, 11) is 1.63. The van der Waals surface area contributed by atoms with Crippen molar-refractivity contribution in [3.8, 4) is 11.8 Å². The zero-order valence-corrected chi connectivity index (χ0v) is 17.1. The Morgan fingerprint density at radius 2 is 1.96 bits per heavy atom. The van der Waals surface area contributed by atoms with Crippen LogP contribution in [0.15, 0.2) is 4.79 Å². The number of carbonyl (C=O) groups excluding carboxylic acids is 1. The summed E-state index contributed by atoms with van der Waals surface area (Å²) in [5.74, 6) is 6.74. The highest BCUT2D eigenvalue weighted by molar-refractivity contribution is 5.91. The van der Waals surface area contributed by atoms with Gasteiger partial charge in [-0.1, -0.05) is 5.92 Å². The maximum Gasteiger partial charge on any atom is 0.281 e. The van der Waals surface area contributed by atoms with Gasteiger partial charge in [0.1, 0.15) is 0 Å². The number of amides is 1. The molecule has 1 aliphatic heterocycles. The van der Waals surface area contributed by atoms with E-state index in [1.165, 1.54) is 16.4 Å². The normalized spacial score (nSPS) is 14.3. The van der Waals surface area contributed by atoms with Crippen molar-refractivity contribution in [2.75, 3.05) is 36.0 Å². The molecule has 0 aromatic carbocycles. The first kappa shape index (κ1) is 19.9. The summed E-state index contributed by atoms with van der Waals surface area (Å²) in [4.78, 5) is 38.3. The summed E-state index contributed by atoms with van der Waals surface area (Å²) in [6.07, 6.45) is 0. The van der Waals surface area contributed by atoms with E-state index in [-0.39, 0.29) is 17.5 Å². The second-order valence-electron chi connectivity index (χ2n) is 7.09. The lowest BCUT2D eigenvalue weighted by Gasteiger charge is -2.28. The van der Waals surface area contributed by atoms with Crippen molar-refractivity contribution in [2.45, 2.75) is 40.3 Å². The van der Waals surface area contributed by atoms with Crippen LogP contribution in [0.25, 0.3) is 11.2 Å². The minimum absolute atomic E-state index is 0.131. The molecule has 3 heterocycles. The number of hydrogen-bond donors (Lipinski definition) is 1. The molecule has 0 saturated carbocycles. The highest BCUT2D eigenvalue weighted by Crippen LogP contribution is 2.22. The van der Waals surface area contributed by atoms with Crippen LogP contribution in [0.4, 0.5) is 11.9 Å². The van der Waals surface area contributed by atoms with Gasteiger partial charge in [-0.2, -0.15) is 9.97 Å². The summed E-state index contributed by atoms with van der Waals surface area (Å²) in [6.45, 7) is 10.7. The molecule has 1 saturated heterocycles. The molecule has 9 nitrogen and oxygen atoms in total. The molecule has 0 bridgehead atoms. The van der Waals surface area contributed by atoms with Crippen LogP contribution in [-0.4, -0.2) is 57.2 Å². The Bertz CT molecular complexity index is 1000. The third-order valence-corrected chi connectivity index (χ3v) is 4.83.